The third-order valence-corrected chi connectivity index (χ3v) is 3.25. The molecule has 1 saturated carbocycles. The first-order chi connectivity index (χ1) is 10.0. The van der Waals surface area contributed by atoms with Crippen molar-refractivity contribution in [3.8, 4) is 11.6 Å². The molecule has 21 heavy (non-hydrogen) atoms. The summed E-state index contributed by atoms with van der Waals surface area (Å²) in [6, 6.07) is 5.60. The Bertz CT molecular complexity index is 719. The summed E-state index contributed by atoms with van der Waals surface area (Å²) in [7, 11) is 0. The molecule has 1 fully saturated rings. The highest BCUT2D eigenvalue weighted by Gasteiger charge is 2.27. The van der Waals surface area contributed by atoms with E-state index in [1.54, 1.807) is 0 Å². The summed E-state index contributed by atoms with van der Waals surface area (Å²) in [4.78, 5) is 18.8. The SMILES string of the molecule is Nc1cc(Oc2ccc(Cl)cc2[N+](=O)[O-])nc(C2CC2)n1. The van der Waals surface area contributed by atoms with Crippen molar-refractivity contribution < 1.29 is 9.66 Å². The zero-order chi connectivity index (χ0) is 15.0. The Kier molecular flexibility index (Phi) is 3.34. The molecule has 1 aromatic heterocycles. The first kappa shape index (κ1) is 13.6. The Hall–Kier alpha value is -2.41. The third kappa shape index (κ3) is 3.03. The van der Waals surface area contributed by atoms with E-state index in [-0.39, 0.29) is 28.2 Å². The maximum atomic E-state index is 11.0. The van der Waals surface area contributed by atoms with E-state index in [0.29, 0.717) is 11.7 Å². The predicted octanol–water partition coefficient (Wildman–Crippen LogP) is 3.29. The molecule has 108 valence electrons. The molecule has 1 aliphatic carbocycles. The van der Waals surface area contributed by atoms with Crippen LogP contribution < -0.4 is 10.5 Å². The molecule has 0 aliphatic heterocycles. The van der Waals surface area contributed by atoms with Crippen molar-refractivity contribution in [1.82, 2.24) is 9.97 Å². The molecule has 0 radical (unpaired) electrons. The number of ether oxygens (including phenoxy) is 1. The Morgan fingerprint density at radius 2 is 2.10 bits per heavy atom. The number of hydrogen-bond donors (Lipinski definition) is 1. The third-order valence-electron chi connectivity index (χ3n) is 3.01. The van der Waals surface area contributed by atoms with Crippen LogP contribution in [0.4, 0.5) is 11.5 Å². The number of nitrogen functional groups attached to an aromatic ring is 1. The molecule has 0 spiro atoms. The second-order valence-corrected chi connectivity index (χ2v) is 5.17. The van der Waals surface area contributed by atoms with E-state index < -0.39 is 4.92 Å². The average Bonchev–Trinajstić information content (AvgIpc) is 3.24. The second-order valence-electron chi connectivity index (χ2n) is 4.73. The number of nitro benzene ring substituents is 1. The standard InChI is InChI=1S/C13H11ClN4O3/c14-8-3-4-10(9(5-8)18(19)20)21-12-6-11(15)16-13(17-12)7-1-2-7/h3-7H,1-2H2,(H2,15,16,17). The maximum absolute atomic E-state index is 11.0. The Balaban J connectivity index is 1.95. The Morgan fingerprint density at radius 3 is 2.76 bits per heavy atom. The van der Waals surface area contributed by atoms with E-state index >= 15 is 0 Å². The van der Waals surface area contributed by atoms with Crippen molar-refractivity contribution >= 4 is 23.1 Å². The lowest BCUT2D eigenvalue weighted by atomic mass is 10.3. The number of nitro groups is 1. The Morgan fingerprint density at radius 1 is 1.33 bits per heavy atom. The fourth-order valence-electron chi connectivity index (χ4n) is 1.87. The van der Waals surface area contributed by atoms with Crippen LogP contribution >= 0.6 is 11.6 Å². The first-order valence-corrected chi connectivity index (χ1v) is 6.67. The number of nitrogens with zero attached hydrogens (tertiary/aromatic N) is 3. The summed E-state index contributed by atoms with van der Waals surface area (Å²) in [6.07, 6.45) is 2.04. The zero-order valence-corrected chi connectivity index (χ0v) is 11.6. The van der Waals surface area contributed by atoms with Gasteiger partial charge < -0.3 is 10.5 Å². The molecule has 1 heterocycles. The van der Waals surface area contributed by atoms with Crippen LogP contribution in [0, 0.1) is 10.1 Å². The van der Waals surface area contributed by atoms with E-state index in [4.69, 9.17) is 22.1 Å². The van der Waals surface area contributed by atoms with Crippen molar-refractivity contribution in [1.29, 1.82) is 0 Å². The summed E-state index contributed by atoms with van der Waals surface area (Å²) in [5.41, 5.74) is 5.49. The van der Waals surface area contributed by atoms with Crippen LogP contribution in [0.3, 0.4) is 0 Å². The number of halogens is 1. The molecule has 1 aromatic carbocycles. The smallest absolute Gasteiger partial charge is 0.313 e. The molecule has 3 rings (SSSR count). The van der Waals surface area contributed by atoms with Crippen LogP contribution in [0.25, 0.3) is 0 Å². The minimum Gasteiger partial charge on any atom is -0.432 e. The first-order valence-electron chi connectivity index (χ1n) is 6.29. The molecule has 7 nitrogen and oxygen atoms in total. The summed E-state index contributed by atoms with van der Waals surface area (Å²) in [5.74, 6) is 1.44. The number of anilines is 1. The van der Waals surface area contributed by atoms with Gasteiger partial charge in [-0.25, -0.2) is 4.98 Å². The van der Waals surface area contributed by atoms with Gasteiger partial charge in [-0.15, -0.1) is 0 Å². The van der Waals surface area contributed by atoms with Crippen molar-refractivity contribution in [2.24, 2.45) is 0 Å². The molecule has 8 heteroatoms. The highest BCUT2D eigenvalue weighted by Crippen LogP contribution is 2.40. The molecule has 2 aromatic rings. The van der Waals surface area contributed by atoms with E-state index in [9.17, 15) is 10.1 Å². The van der Waals surface area contributed by atoms with E-state index in [0.717, 1.165) is 12.8 Å². The monoisotopic (exact) mass is 306 g/mol. The molecular weight excluding hydrogens is 296 g/mol. The van der Waals surface area contributed by atoms with Gasteiger partial charge in [0.25, 0.3) is 0 Å². The molecule has 0 amide bonds. The molecular formula is C13H11ClN4O3. The number of aromatic nitrogens is 2. The summed E-state index contributed by atoms with van der Waals surface area (Å²) < 4.78 is 5.49. The van der Waals surface area contributed by atoms with Gasteiger partial charge in [0, 0.05) is 23.1 Å². The minimum atomic E-state index is -0.562. The van der Waals surface area contributed by atoms with Gasteiger partial charge in [-0.3, -0.25) is 10.1 Å². The lowest BCUT2D eigenvalue weighted by Crippen LogP contribution is -2.01. The number of hydrogen-bond acceptors (Lipinski definition) is 6. The zero-order valence-electron chi connectivity index (χ0n) is 10.8. The van der Waals surface area contributed by atoms with Crippen molar-refractivity contribution in [3.05, 3.63) is 45.2 Å². The molecule has 2 N–H and O–H groups in total. The quantitative estimate of drug-likeness (QED) is 0.686. The van der Waals surface area contributed by atoms with Gasteiger partial charge in [0.15, 0.2) is 0 Å². The highest BCUT2D eigenvalue weighted by molar-refractivity contribution is 6.30. The van der Waals surface area contributed by atoms with Gasteiger partial charge in [0.1, 0.15) is 11.6 Å². The predicted molar refractivity (Wildman–Crippen MR) is 76.6 cm³/mol. The van der Waals surface area contributed by atoms with Gasteiger partial charge in [-0.2, -0.15) is 4.98 Å². The fraction of sp³-hybridized carbons (Fsp3) is 0.231. The van der Waals surface area contributed by atoms with E-state index in [1.807, 2.05) is 0 Å². The molecule has 0 bridgehead atoms. The highest BCUT2D eigenvalue weighted by atomic mass is 35.5. The Labute approximate surface area is 124 Å². The topological polar surface area (TPSA) is 104 Å². The van der Waals surface area contributed by atoms with Gasteiger partial charge >= 0.3 is 5.69 Å². The van der Waals surface area contributed by atoms with Gasteiger partial charge in [0.05, 0.1) is 4.92 Å². The van der Waals surface area contributed by atoms with Gasteiger partial charge in [0.2, 0.25) is 11.6 Å². The summed E-state index contributed by atoms with van der Waals surface area (Å²) in [5, 5.41) is 11.3. The van der Waals surface area contributed by atoms with Crippen LogP contribution in [0.5, 0.6) is 11.6 Å². The molecule has 0 unspecified atom stereocenters. The number of nitrogens with two attached hydrogens (primary N) is 1. The van der Waals surface area contributed by atoms with Gasteiger partial charge in [-0.1, -0.05) is 11.6 Å². The molecule has 0 atom stereocenters. The van der Waals surface area contributed by atoms with E-state index in [1.165, 1.54) is 24.3 Å². The molecule has 1 aliphatic rings. The lowest BCUT2D eigenvalue weighted by molar-refractivity contribution is -0.385. The van der Waals surface area contributed by atoms with Gasteiger partial charge in [-0.05, 0) is 25.0 Å². The number of benzene rings is 1. The van der Waals surface area contributed by atoms with Crippen LogP contribution in [0.1, 0.15) is 24.6 Å². The number of rotatable bonds is 4. The van der Waals surface area contributed by atoms with Crippen molar-refractivity contribution in [3.63, 3.8) is 0 Å². The lowest BCUT2D eigenvalue weighted by Gasteiger charge is -2.07. The largest absolute Gasteiger partial charge is 0.432 e. The second kappa shape index (κ2) is 5.17. The molecule has 0 saturated heterocycles. The summed E-state index contributed by atoms with van der Waals surface area (Å²) >= 11 is 5.76. The van der Waals surface area contributed by atoms with Crippen LogP contribution in [-0.4, -0.2) is 14.9 Å². The van der Waals surface area contributed by atoms with E-state index in [2.05, 4.69) is 9.97 Å². The van der Waals surface area contributed by atoms with Crippen LogP contribution in [0.15, 0.2) is 24.3 Å². The van der Waals surface area contributed by atoms with Crippen molar-refractivity contribution in [2.75, 3.05) is 5.73 Å². The summed E-state index contributed by atoms with van der Waals surface area (Å²) in [6.45, 7) is 0. The fourth-order valence-corrected chi connectivity index (χ4v) is 2.04. The minimum absolute atomic E-state index is 0.0595. The van der Waals surface area contributed by atoms with Crippen LogP contribution in [-0.2, 0) is 0 Å². The van der Waals surface area contributed by atoms with Crippen LogP contribution in [0.2, 0.25) is 5.02 Å². The average molecular weight is 307 g/mol. The maximum Gasteiger partial charge on any atom is 0.313 e. The normalized spacial score (nSPS) is 14.0. The van der Waals surface area contributed by atoms with Crippen molar-refractivity contribution in [2.45, 2.75) is 18.8 Å².